The summed E-state index contributed by atoms with van der Waals surface area (Å²) in [5.41, 5.74) is 0.253. The normalized spacial score (nSPS) is 23.5. The molecule has 3 rings (SSSR count). The standard InChI is InChI=1S/C17H19NO5/c1-17(2,3)22-11-8-10(9-11)16(21)23-18-14(19)12-6-4-5-7-13(12)15(18)20/h4-7,10-11H,8-9H2,1-3H3. The van der Waals surface area contributed by atoms with Gasteiger partial charge in [-0.1, -0.05) is 17.2 Å². The Balaban J connectivity index is 1.58. The van der Waals surface area contributed by atoms with Gasteiger partial charge in [0.1, 0.15) is 0 Å². The molecule has 1 aliphatic heterocycles. The SMILES string of the molecule is CC(C)(C)OC1CC(C(=O)ON2C(=O)c3ccccc3C2=O)C1. The number of rotatable bonds is 3. The van der Waals surface area contributed by atoms with Crippen molar-refractivity contribution in [1.29, 1.82) is 0 Å². The van der Waals surface area contributed by atoms with Gasteiger partial charge in [0.25, 0.3) is 11.8 Å². The van der Waals surface area contributed by atoms with Crippen LogP contribution in [-0.4, -0.2) is 34.6 Å². The highest BCUT2D eigenvalue weighted by molar-refractivity contribution is 6.20. The Hall–Kier alpha value is -2.21. The smallest absolute Gasteiger partial charge is 0.336 e. The molecule has 1 saturated carbocycles. The zero-order valence-electron chi connectivity index (χ0n) is 13.4. The lowest BCUT2D eigenvalue weighted by atomic mass is 9.82. The van der Waals surface area contributed by atoms with Gasteiger partial charge in [0.2, 0.25) is 0 Å². The maximum atomic E-state index is 12.1. The molecular weight excluding hydrogens is 298 g/mol. The van der Waals surface area contributed by atoms with Crippen molar-refractivity contribution in [3.05, 3.63) is 35.4 Å². The van der Waals surface area contributed by atoms with E-state index in [1.165, 1.54) is 0 Å². The van der Waals surface area contributed by atoms with Gasteiger partial charge in [-0.2, -0.15) is 0 Å². The molecule has 0 radical (unpaired) electrons. The molecule has 122 valence electrons. The lowest BCUT2D eigenvalue weighted by molar-refractivity contribution is -0.187. The summed E-state index contributed by atoms with van der Waals surface area (Å²) in [7, 11) is 0. The predicted octanol–water partition coefficient (Wildman–Crippen LogP) is 2.33. The van der Waals surface area contributed by atoms with E-state index in [0.717, 1.165) is 0 Å². The third-order valence-corrected chi connectivity index (χ3v) is 3.89. The van der Waals surface area contributed by atoms with Gasteiger partial charge in [0.15, 0.2) is 0 Å². The number of carbonyl (C=O) groups is 3. The molecule has 0 atom stereocenters. The minimum absolute atomic E-state index is 0.00901. The number of imide groups is 1. The molecular formula is C17H19NO5. The number of hydrogen-bond acceptors (Lipinski definition) is 5. The van der Waals surface area contributed by atoms with Crippen LogP contribution in [0.25, 0.3) is 0 Å². The van der Waals surface area contributed by atoms with E-state index in [2.05, 4.69) is 0 Å². The highest BCUT2D eigenvalue weighted by atomic mass is 16.7. The third kappa shape index (κ3) is 2.99. The summed E-state index contributed by atoms with van der Waals surface area (Å²) >= 11 is 0. The number of hydroxylamine groups is 2. The van der Waals surface area contributed by atoms with E-state index in [9.17, 15) is 14.4 Å². The van der Waals surface area contributed by atoms with Crippen LogP contribution in [0.1, 0.15) is 54.3 Å². The van der Waals surface area contributed by atoms with Crippen LogP contribution in [0.3, 0.4) is 0 Å². The summed E-state index contributed by atoms with van der Waals surface area (Å²) in [6.45, 7) is 5.87. The van der Waals surface area contributed by atoms with Gasteiger partial charge >= 0.3 is 5.97 Å². The van der Waals surface area contributed by atoms with Gasteiger partial charge < -0.3 is 9.57 Å². The molecule has 2 amide bonds. The van der Waals surface area contributed by atoms with Crippen molar-refractivity contribution in [1.82, 2.24) is 5.06 Å². The molecule has 0 spiro atoms. The maximum Gasteiger partial charge on any atom is 0.336 e. The van der Waals surface area contributed by atoms with Gasteiger partial charge in [-0.15, -0.1) is 0 Å². The number of benzene rings is 1. The zero-order chi connectivity index (χ0) is 16.8. The van der Waals surface area contributed by atoms with Crippen LogP contribution in [0, 0.1) is 5.92 Å². The van der Waals surface area contributed by atoms with E-state index in [0.29, 0.717) is 17.9 Å². The molecule has 1 aliphatic carbocycles. The molecule has 2 aliphatic rings. The molecule has 6 nitrogen and oxygen atoms in total. The fourth-order valence-electron chi connectivity index (χ4n) is 2.77. The molecule has 1 aromatic rings. The van der Waals surface area contributed by atoms with Crippen LogP contribution in [0.2, 0.25) is 0 Å². The number of hydrogen-bond donors (Lipinski definition) is 0. The van der Waals surface area contributed by atoms with Gasteiger partial charge in [0.05, 0.1) is 28.7 Å². The molecule has 1 fully saturated rings. The van der Waals surface area contributed by atoms with Crippen molar-refractivity contribution < 1.29 is 24.0 Å². The Kier molecular flexibility index (Phi) is 3.72. The first kappa shape index (κ1) is 15.7. The van der Waals surface area contributed by atoms with Crippen molar-refractivity contribution in [2.75, 3.05) is 0 Å². The van der Waals surface area contributed by atoms with E-state index in [-0.39, 0.29) is 28.7 Å². The minimum Gasteiger partial charge on any atom is -0.373 e. The lowest BCUT2D eigenvalue weighted by Gasteiger charge is -2.37. The molecule has 1 heterocycles. The molecule has 0 unspecified atom stereocenters. The van der Waals surface area contributed by atoms with Crippen molar-refractivity contribution in [2.24, 2.45) is 5.92 Å². The average molecular weight is 317 g/mol. The zero-order valence-corrected chi connectivity index (χ0v) is 13.4. The first-order valence-electron chi connectivity index (χ1n) is 7.64. The summed E-state index contributed by atoms with van der Waals surface area (Å²) in [5.74, 6) is -2.10. The number of amides is 2. The first-order valence-corrected chi connectivity index (χ1v) is 7.64. The van der Waals surface area contributed by atoms with Crippen molar-refractivity contribution >= 4 is 17.8 Å². The third-order valence-electron chi connectivity index (χ3n) is 3.89. The molecule has 0 saturated heterocycles. The summed E-state index contributed by atoms with van der Waals surface area (Å²) in [6.07, 6.45) is 1.09. The topological polar surface area (TPSA) is 72.9 Å². The second-order valence-electron chi connectivity index (χ2n) is 6.88. The largest absolute Gasteiger partial charge is 0.373 e. The van der Waals surface area contributed by atoms with Gasteiger partial charge in [-0.05, 0) is 45.7 Å². The van der Waals surface area contributed by atoms with Crippen LogP contribution in [0.15, 0.2) is 24.3 Å². The van der Waals surface area contributed by atoms with Gasteiger partial charge in [0, 0.05) is 0 Å². The number of nitrogens with zero attached hydrogens (tertiary/aromatic N) is 1. The predicted molar refractivity (Wildman–Crippen MR) is 80.4 cm³/mol. The van der Waals surface area contributed by atoms with E-state index < -0.39 is 17.8 Å². The Morgan fingerprint density at radius 1 is 1.09 bits per heavy atom. The number of fused-ring (bicyclic) bond motifs is 1. The molecule has 23 heavy (non-hydrogen) atoms. The summed E-state index contributed by atoms with van der Waals surface area (Å²) in [6, 6.07) is 6.41. The second kappa shape index (κ2) is 5.45. The Bertz CT molecular complexity index is 635. The highest BCUT2D eigenvalue weighted by Crippen LogP contribution is 2.34. The Labute approximate surface area is 134 Å². The van der Waals surface area contributed by atoms with Crippen LogP contribution in [-0.2, 0) is 14.4 Å². The van der Waals surface area contributed by atoms with Crippen LogP contribution in [0.4, 0.5) is 0 Å². The second-order valence-corrected chi connectivity index (χ2v) is 6.88. The number of carbonyl (C=O) groups excluding carboxylic acids is 3. The van der Waals surface area contributed by atoms with E-state index >= 15 is 0 Å². The first-order chi connectivity index (χ1) is 10.8. The van der Waals surface area contributed by atoms with E-state index in [4.69, 9.17) is 9.57 Å². The Morgan fingerprint density at radius 3 is 2.09 bits per heavy atom. The van der Waals surface area contributed by atoms with E-state index in [1.54, 1.807) is 24.3 Å². The molecule has 1 aromatic carbocycles. The molecule has 0 N–H and O–H groups in total. The summed E-state index contributed by atoms with van der Waals surface area (Å²) in [5, 5.41) is 0.560. The monoisotopic (exact) mass is 317 g/mol. The van der Waals surface area contributed by atoms with Crippen molar-refractivity contribution in [3.8, 4) is 0 Å². The fourth-order valence-corrected chi connectivity index (χ4v) is 2.77. The van der Waals surface area contributed by atoms with Gasteiger partial charge in [-0.25, -0.2) is 4.79 Å². The van der Waals surface area contributed by atoms with Crippen LogP contribution < -0.4 is 0 Å². The van der Waals surface area contributed by atoms with Crippen LogP contribution >= 0.6 is 0 Å². The molecule has 0 aromatic heterocycles. The highest BCUT2D eigenvalue weighted by Gasteiger charge is 2.43. The van der Waals surface area contributed by atoms with E-state index in [1.807, 2.05) is 20.8 Å². The molecule has 0 bridgehead atoms. The average Bonchev–Trinajstić information content (AvgIpc) is 2.67. The number of ether oxygens (including phenoxy) is 1. The Morgan fingerprint density at radius 2 is 1.61 bits per heavy atom. The lowest BCUT2D eigenvalue weighted by Crippen LogP contribution is -2.44. The molecule has 6 heteroatoms. The quantitative estimate of drug-likeness (QED) is 0.800. The summed E-state index contributed by atoms with van der Waals surface area (Å²) < 4.78 is 5.76. The van der Waals surface area contributed by atoms with Gasteiger partial charge in [-0.3, -0.25) is 9.59 Å². The van der Waals surface area contributed by atoms with Crippen LogP contribution in [0.5, 0.6) is 0 Å². The van der Waals surface area contributed by atoms with Crippen molar-refractivity contribution in [3.63, 3.8) is 0 Å². The fraction of sp³-hybridized carbons (Fsp3) is 0.471. The minimum atomic E-state index is -0.597. The summed E-state index contributed by atoms with van der Waals surface area (Å²) in [4.78, 5) is 41.4. The van der Waals surface area contributed by atoms with Crippen molar-refractivity contribution in [2.45, 2.75) is 45.3 Å². The maximum absolute atomic E-state index is 12.1.